The zero-order valence-electron chi connectivity index (χ0n) is 20.8. The van der Waals surface area contributed by atoms with Crippen molar-refractivity contribution in [3.63, 3.8) is 0 Å². The van der Waals surface area contributed by atoms with E-state index in [2.05, 4.69) is 105 Å². The van der Waals surface area contributed by atoms with Crippen LogP contribution in [0.3, 0.4) is 0 Å². The molecule has 2 aromatic carbocycles. The third-order valence-electron chi connectivity index (χ3n) is 7.32. The van der Waals surface area contributed by atoms with Crippen LogP contribution in [0.1, 0.15) is 68.0 Å². The van der Waals surface area contributed by atoms with Crippen molar-refractivity contribution in [2.24, 2.45) is 5.92 Å². The van der Waals surface area contributed by atoms with Crippen LogP contribution in [0.2, 0.25) is 0 Å². The molecule has 2 saturated heterocycles. The Morgan fingerprint density at radius 1 is 0.722 bits per heavy atom. The lowest BCUT2D eigenvalue weighted by Gasteiger charge is -2.08. The number of nitrogens with one attached hydrogen (secondary N) is 4. The average Bonchev–Trinajstić information content (AvgIpc) is 3.70. The first-order valence-corrected chi connectivity index (χ1v) is 12.9. The monoisotopic (exact) mass is 476 g/mol. The van der Waals surface area contributed by atoms with Crippen LogP contribution in [0.25, 0.3) is 22.5 Å². The van der Waals surface area contributed by atoms with E-state index in [1.807, 2.05) is 12.4 Å². The minimum atomic E-state index is 0.328. The number of H-pyrrole nitrogens is 2. The summed E-state index contributed by atoms with van der Waals surface area (Å²) in [7, 11) is 0. The highest BCUT2D eigenvalue weighted by Crippen LogP contribution is 2.28. The van der Waals surface area contributed by atoms with Crippen LogP contribution in [-0.2, 0) is 0 Å². The molecule has 2 fully saturated rings. The van der Waals surface area contributed by atoms with Crippen molar-refractivity contribution in [1.29, 1.82) is 0 Å². The molecule has 6 rings (SSSR count). The van der Waals surface area contributed by atoms with Gasteiger partial charge < -0.3 is 20.6 Å². The zero-order chi connectivity index (χ0) is 24.5. The van der Waals surface area contributed by atoms with Gasteiger partial charge in [0.25, 0.3) is 0 Å². The molecule has 6 heteroatoms. The summed E-state index contributed by atoms with van der Waals surface area (Å²) in [4.78, 5) is 16.2. The predicted molar refractivity (Wildman–Crippen MR) is 143 cm³/mol. The Bertz CT molecular complexity index is 1280. The van der Waals surface area contributed by atoms with Crippen LogP contribution >= 0.6 is 0 Å². The molecule has 4 unspecified atom stereocenters. The quantitative estimate of drug-likeness (QED) is 0.299. The van der Waals surface area contributed by atoms with Gasteiger partial charge in [0, 0.05) is 17.2 Å². The maximum atomic E-state index is 4.61. The van der Waals surface area contributed by atoms with Crippen molar-refractivity contribution in [2.75, 3.05) is 6.54 Å². The van der Waals surface area contributed by atoms with Crippen LogP contribution < -0.4 is 10.6 Å². The van der Waals surface area contributed by atoms with Gasteiger partial charge in [-0.2, -0.15) is 0 Å². The molecule has 0 amide bonds. The minimum Gasteiger partial charge on any atom is -0.341 e. The number of benzene rings is 2. The lowest BCUT2D eigenvalue weighted by Crippen LogP contribution is -2.21. The van der Waals surface area contributed by atoms with Gasteiger partial charge in [0.15, 0.2) is 0 Å². The Hall–Kier alpha value is -3.66. The number of rotatable bonds is 4. The molecule has 2 aliphatic rings. The molecule has 4 aromatic rings. The van der Waals surface area contributed by atoms with E-state index in [-0.39, 0.29) is 0 Å². The minimum absolute atomic E-state index is 0.328. The molecule has 182 valence electrons. The normalized spacial score (nSPS) is 23.5. The second kappa shape index (κ2) is 9.77. The van der Waals surface area contributed by atoms with Crippen LogP contribution in [0.15, 0.2) is 60.9 Å². The van der Waals surface area contributed by atoms with Crippen molar-refractivity contribution in [1.82, 2.24) is 30.6 Å². The van der Waals surface area contributed by atoms with Gasteiger partial charge in [-0.25, -0.2) is 9.97 Å². The van der Waals surface area contributed by atoms with Gasteiger partial charge in [0.05, 0.1) is 35.9 Å². The van der Waals surface area contributed by atoms with Gasteiger partial charge >= 0.3 is 0 Å². The Labute approximate surface area is 212 Å². The fourth-order valence-corrected chi connectivity index (χ4v) is 5.19. The van der Waals surface area contributed by atoms with Gasteiger partial charge in [0.2, 0.25) is 0 Å². The second-order valence-corrected chi connectivity index (χ2v) is 10.3. The van der Waals surface area contributed by atoms with E-state index in [0.29, 0.717) is 24.0 Å². The van der Waals surface area contributed by atoms with Gasteiger partial charge in [-0.05, 0) is 74.0 Å². The van der Waals surface area contributed by atoms with Gasteiger partial charge in [-0.1, -0.05) is 43.0 Å². The van der Waals surface area contributed by atoms with Crippen LogP contribution in [0.4, 0.5) is 0 Å². The lowest BCUT2D eigenvalue weighted by molar-refractivity contribution is 0.564. The van der Waals surface area contributed by atoms with Gasteiger partial charge in [0.1, 0.15) is 11.6 Å². The topological polar surface area (TPSA) is 81.4 Å². The molecule has 0 aliphatic carbocycles. The lowest BCUT2D eigenvalue weighted by atomic mass is 10.1. The van der Waals surface area contributed by atoms with Crippen molar-refractivity contribution in [2.45, 2.75) is 51.2 Å². The molecule has 0 radical (unpaired) electrons. The van der Waals surface area contributed by atoms with E-state index in [9.17, 15) is 0 Å². The highest BCUT2D eigenvalue weighted by atomic mass is 15.1. The predicted octanol–water partition coefficient (Wildman–Crippen LogP) is 5.35. The molecule has 0 bridgehead atoms. The van der Waals surface area contributed by atoms with E-state index in [4.69, 9.17) is 0 Å². The number of hydrogen-bond acceptors (Lipinski definition) is 4. The first-order chi connectivity index (χ1) is 17.6. The SMILES string of the molecule is CC1CNC(c2ncc(-c3ccc(C#Cc4ccc(-c5cnc(C6CCC(C)N6)[nH]5)cc4)cc3)[nH]2)C1. The van der Waals surface area contributed by atoms with E-state index < -0.39 is 0 Å². The Morgan fingerprint density at radius 3 is 1.75 bits per heavy atom. The average molecular weight is 477 g/mol. The van der Waals surface area contributed by atoms with Crippen molar-refractivity contribution >= 4 is 0 Å². The van der Waals surface area contributed by atoms with Crippen molar-refractivity contribution in [3.05, 3.63) is 83.7 Å². The summed E-state index contributed by atoms with van der Waals surface area (Å²) < 4.78 is 0. The summed E-state index contributed by atoms with van der Waals surface area (Å²) in [6, 6.07) is 17.9. The molecule has 36 heavy (non-hydrogen) atoms. The van der Waals surface area contributed by atoms with E-state index in [1.54, 1.807) is 0 Å². The fraction of sp³-hybridized carbons (Fsp3) is 0.333. The number of nitrogens with zero attached hydrogens (tertiary/aromatic N) is 2. The standard InChI is InChI=1S/C30H32N6/c1-19-15-26(31-16-19)30-33-18-28(36-30)24-12-8-22(9-13-24)5-4-21-6-10-23(11-7-21)27-17-32-29(35-27)25-14-3-20(2)34-25/h6-13,17-20,25-26,31,34H,3,14-16H2,1-2H3,(H,32,35)(H,33,36). The molecular formula is C30H32N6. The Morgan fingerprint density at radius 2 is 1.28 bits per heavy atom. The summed E-state index contributed by atoms with van der Waals surface area (Å²) in [5, 5.41) is 7.12. The Kier molecular flexibility index (Phi) is 6.18. The molecule has 0 saturated carbocycles. The number of aromatic amines is 2. The summed E-state index contributed by atoms with van der Waals surface area (Å²) in [5.41, 5.74) is 6.31. The van der Waals surface area contributed by atoms with E-state index >= 15 is 0 Å². The first kappa shape index (κ1) is 22.8. The second-order valence-electron chi connectivity index (χ2n) is 10.3. The molecule has 2 aromatic heterocycles. The third kappa shape index (κ3) is 4.86. The van der Waals surface area contributed by atoms with Gasteiger partial charge in [-0.15, -0.1) is 0 Å². The van der Waals surface area contributed by atoms with E-state index in [0.717, 1.165) is 64.7 Å². The maximum absolute atomic E-state index is 4.61. The van der Waals surface area contributed by atoms with Crippen LogP contribution in [-0.4, -0.2) is 32.5 Å². The third-order valence-corrected chi connectivity index (χ3v) is 7.32. The number of hydrogen-bond donors (Lipinski definition) is 4. The number of aromatic nitrogens is 4. The summed E-state index contributed by atoms with van der Waals surface area (Å²) in [5.74, 6) is 9.31. The van der Waals surface area contributed by atoms with Crippen molar-refractivity contribution < 1.29 is 0 Å². The summed E-state index contributed by atoms with van der Waals surface area (Å²) in [6.45, 7) is 5.55. The molecule has 4 heterocycles. The highest BCUT2D eigenvalue weighted by Gasteiger charge is 2.25. The molecular weight excluding hydrogens is 444 g/mol. The highest BCUT2D eigenvalue weighted by molar-refractivity contribution is 5.62. The smallest absolute Gasteiger partial charge is 0.123 e. The molecule has 0 spiro atoms. The van der Waals surface area contributed by atoms with Crippen LogP contribution in [0.5, 0.6) is 0 Å². The summed E-state index contributed by atoms with van der Waals surface area (Å²) >= 11 is 0. The largest absolute Gasteiger partial charge is 0.341 e. The number of imidazole rings is 2. The molecule has 4 N–H and O–H groups in total. The maximum Gasteiger partial charge on any atom is 0.123 e. The van der Waals surface area contributed by atoms with Crippen LogP contribution in [0, 0.1) is 17.8 Å². The van der Waals surface area contributed by atoms with Crippen molar-refractivity contribution in [3.8, 4) is 34.4 Å². The molecule has 2 aliphatic heterocycles. The molecule has 4 atom stereocenters. The Balaban J connectivity index is 1.10. The summed E-state index contributed by atoms with van der Waals surface area (Å²) in [6.07, 6.45) is 7.30. The zero-order valence-corrected chi connectivity index (χ0v) is 20.8. The first-order valence-electron chi connectivity index (χ1n) is 12.9. The molecule has 6 nitrogen and oxygen atoms in total. The van der Waals surface area contributed by atoms with E-state index in [1.165, 1.54) is 6.42 Å². The fourth-order valence-electron chi connectivity index (χ4n) is 5.19. The van der Waals surface area contributed by atoms with Gasteiger partial charge in [-0.3, -0.25) is 0 Å².